The Kier molecular flexibility index (Phi) is 3.79. The second-order valence-electron chi connectivity index (χ2n) is 5.23. The van der Waals surface area contributed by atoms with Crippen LogP contribution in [0.15, 0.2) is 36.4 Å². The quantitative estimate of drug-likeness (QED) is 0.939. The van der Waals surface area contributed by atoms with Crippen molar-refractivity contribution in [1.82, 2.24) is 0 Å². The van der Waals surface area contributed by atoms with E-state index in [1.165, 1.54) is 17.7 Å². The molecule has 0 atom stereocenters. The molecule has 0 spiro atoms. The maximum Gasteiger partial charge on any atom is 0.258 e. The number of hydrogen-bond donors (Lipinski definition) is 1. The first-order chi connectivity index (χ1) is 10.6. The maximum atomic E-state index is 13.6. The summed E-state index contributed by atoms with van der Waals surface area (Å²) in [6, 6.07) is 9.19. The first-order valence-corrected chi connectivity index (χ1v) is 7.23. The summed E-state index contributed by atoms with van der Waals surface area (Å²) >= 11 is 0. The van der Waals surface area contributed by atoms with E-state index >= 15 is 0 Å². The molecule has 1 aliphatic heterocycles. The molecule has 0 aromatic heterocycles. The molecule has 3 rings (SSSR count). The average Bonchev–Trinajstić information content (AvgIpc) is 2.92. The van der Waals surface area contributed by atoms with Gasteiger partial charge in [-0.2, -0.15) is 0 Å². The van der Waals surface area contributed by atoms with Crippen LogP contribution in [-0.2, 0) is 6.42 Å². The number of hydrogen-bond acceptors (Lipinski definition) is 2. The van der Waals surface area contributed by atoms with Gasteiger partial charge < -0.3 is 10.2 Å². The van der Waals surface area contributed by atoms with E-state index in [1.807, 2.05) is 12.1 Å². The molecule has 0 bridgehead atoms. The minimum absolute atomic E-state index is 0.298. The lowest BCUT2D eigenvalue weighted by molar-refractivity contribution is 0.102. The van der Waals surface area contributed by atoms with E-state index in [4.69, 9.17) is 0 Å². The molecule has 0 aliphatic carbocycles. The van der Waals surface area contributed by atoms with Gasteiger partial charge in [0, 0.05) is 24.5 Å². The van der Waals surface area contributed by atoms with Gasteiger partial charge in [-0.15, -0.1) is 0 Å². The van der Waals surface area contributed by atoms with Gasteiger partial charge in [0.15, 0.2) is 11.6 Å². The molecule has 1 heterocycles. The summed E-state index contributed by atoms with van der Waals surface area (Å²) in [5.41, 5.74) is 2.59. The zero-order chi connectivity index (χ0) is 15.7. The summed E-state index contributed by atoms with van der Waals surface area (Å²) in [5.74, 6) is -2.81. The van der Waals surface area contributed by atoms with E-state index in [0.717, 1.165) is 31.3 Å². The summed E-state index contributed by atoms with van der Waals surface area (Å²) in [6.45, 7) is 3.92. The van der Waals surface area contributed by atoms with Crippen LogP contribution >= 0.6 is 0 Å². The average molecular weight is 302 g/mol. The SMILES string of the molecule is CCN1CCc2ccc(NC(=O)c3cccc(F)c3F)cc21. The maximum absolute atomic E-state index is 13.6. The number of carbonyl (C=O) groups is 1. The van der Waals surface area contributed by atoms with Gasteiger partial charge in [0.25, 0.3) is 5.91 Å². The van der Waals surface area contributed by atoms with Gasteiger partial charge in [-0.05, 0) is 43.2 Å². The monoisotopic (exact) mass is 302 g/mol. The lowest BCUT2D eigenvalue weighted by Gasteiger charge is -2.17. The van der Waals surface area contributed by atoms with E-state index in [2.05, 4.69) is 17.1 Å². The van der Waals surface area contributed by atoms with Gasteiger partial charge in [0.2, 0.25) is 0 Å². The molecule has 0 fully saturated rings. The van der Waals surface area contributed by atoms with Crippen LogP contribution in [0.1, 0.15) is 22.8 Å². The molecule has 0 unspecified atom stereocenters. The molecule has 2 aromatic rings. The number of amides is 1. The Bertz CT molecular complexity index is 731. The minimum Gasteiger partial charge on any atom is -0.371 e. The van der Waals surface area contributed by atoms with Crippen LogP contribution in [0.2, 0.25) is 0 Å². The molecule has 22 heavy (non-hydrogen) atoms. The van der Waals surface area contributed by atoms with Crippen molar-refractivity contribution >= 4 is 17.3 Å². The summed E-state index contributed by atoms with van der Waals surface area (Å²) in [5, 5.41) is 2.63. The highest BCUT2D eigenvalue weighted by Gasteiger charge is 2.19. The van der Waals surface area contributed by atoms with Gasteiger partial charge >= 0.3 is 0 Å². The van der Waals surface area contributed by atoms with Crippen molar-refractivity contribution in [2.24, 2.45) is 0 Å². The fourth-order valence-corrected chi connectivity index (χ4v) is 2.73. The van der Waals surface area contributed by atoms with Crippen LogP contribution in [0.4, 0.5) is 20.2 Å². The molecule has 2 aromatic carbocycles. The lowest BCUT2D eigenvalue weighted by Crippen LogP contribution is -2.19. The number of nitrogens with one attached hydrogen (secondary N) is 1. The van der Waals surface area contributed by atoms with Gasteiger partial charge in [-0.25, -0.2) is 8.78 Å². The van der Waals surface area contributed by atoms with Gasteiger partial charge in [0.1, 0.15) is 0 Å². The molecule has 1 N–H and O–H groups in total. The zero-order valence-electron chi connectivity index (χ0n) is 12.2. The second-order valence-corrected chi connectivity index (χ2v) is 5.23. The highest BCUT2D eigenvalue weighted by atomic mass is 19.2. The smallest absolute Gasteiger partial charge is 0.258 e. The van der Waals surface area contributed by atoms with Crippen LogP contribution < -0.4 is 10.2 Å². The van der Waals surface area contributed by atoms with E-state index < -0.39 is 17.5 Å². The Morgan fingerprint density at radius 3 is 2.86 bits per heavy atom. The van der Waals surface area contributed by atoms with E-state index in [1.54, 1.807) is 6.07 Å². The summed E-state index contributed by atoms with van der Waals surface area (Å²) < 4.78 is 26.8. The lowest BCUT2D eigenvalue weighted by atomic mass is 10.1. The largest absolute Gasteiger partial charge is 0.371 e. The number of halogens is 2. The number of rotatable bonds is 3. The number of likely N-dealkylation sites (N-methyl/N-ethyl adjacent to an activating group) is 1. The van der Waals surface area contributed by atoms with Crippen molar-refractivity contribution < 1.29 is 13.6 Å². The Morgan fingerprint density at radius 1 is 1.27 bits per heavy atom. The molecule has 0 saturated heterocycles. The molecule has 114 valence electrons. The van der Waals surface area contributed by atoms with Crippen molar-refractivity contribution in [2.45, 2.75) is 13.3 Å². The normalized spacial score (nSPS) is 13.1. The number of nitrogens with zero attached hydrogens (tertiary/aromatic N) is 1. The van der Waals surface area contributed by atoms with E-state index in [0.29, 0.717) is 5.69 Å². The second kappa shape index (κ2) is 5.75. The summed E-state index contributed by atoms with van der Waals surface area (Å²) in [6.07, 6.45) is 0.982. The summed E-state index contributed by atoms with van der Waals surface area (Å²) in [4.78, 5) is 14.3. The van der Waals surface area contributed by atoms with Crippen LogP contribution in [0.3, 0.4) is 0 Å². The fraction of sp³-hybridized carbons (Fsp3) is 0.235. The third-order valence-electron chi connectivity index (χ3n) is 3.91. The van der Waals surface area contributed by atoms with Crippen molar-refractivity contribution in [2.75, 3.05) is 23.3 Å². The highest BCUT2D eigenvalue weighted by molar-refractivity contribution is 6.04. The Balaban J connectivity index is 1.85. The first kappa shape index (κ1) is 14.5. The van der Waals surface area contributed by atoms with E-state index in [-0.39, 0.29) is 5.56 Å². The molecule has 5 heteroatoms. The third-order valence-corrected chi connectivity index (χ3v) is 3.91. The standard InChI is InChI=1S/C17H16F2N2O/c1-2-21-9-8-11-6-7-12(10-15(11)21)20-17(22)13-4-3-5-14(18)16(13)19/h3-7,10H,2,8-9H2,1H3,(H,20,22). The van der Waals surface area contributed by atoms with Gasteiger partial charge in [-0.3, -0.25) is 4.79 Å². The van der Waals surface area contributed by atoms with Crippen LogP contribution in [0.25, 0.3) is 0 Å². The number of anilines is 2. The first-order valence-electron chi connectivity index (χ1n) is 7.23. The Morgan fingerprint density at radius 2 is 2.09 bits per heavy atom. The molecule has 0 radical (unpaired) electrons. The van der Waals surface area contributed by atoms with Gasteiger partial charge in [0.05, 0.1) is 5.56 Å². The van der Waals surface area contributed by atoms with Gasteiger partial charge in [-0.1, -0.05) is 12.1 Å². The predicted octanol–water partition coefficient (Wildman–Crippen LogP) is 3.60. The zero-order valence-corrected chi connectivity index (χ0v) is 12.2. The van der Waals surface area contributed by atoms with Crippen LogP contribution in [-0.4, -0.2) is 19.0 Å². The third kappa shape index (κ3) is 2.54. The fourth-order valence-electron chi connectivity index (χ4n) is 2.73. The molecular weight excluding hydrogens is 286 g/mol. The topological polar surface area (TPSA) is 32.3 Å². The van der Waals surface area contributed by atoms with Crippen molar-refractivity contribution in [1.29, 1.82) is 0 Å². The Labute approximate surface area is 127 Å². The van der Waals surface area contributed by atoms with E-state index in [9.17, 15) is 13.6 Å². The molecule has 1 amide bonds. The molecule has 3 nitrogen and oxygen atoms in total. The van der Waals surface area contributed by atoms with Crippen LogP contribution in [0, 0.1) is 11.6 Å². The number of carbonyl (C=O) groups excluding carboxylic acids is 1. The molecule has 0 saturated carbocycles. The molecular formula is C17H16F2N2O. The minimum atomic E-state index is -1.13. The van der Waals surface area contributed by atoms with Crippen molar-refractivity contribution in [3.63, 3.8) is 0 Å². The Hall–Kier alpha value is -2.43. The van der Waals surface area contributed by atoms with Crippen molar-refractivity contribution in [3.8, 4) is 0 Å². The predicted molar refractivity (Wildman–Crippen MR) is 82.3 cm³/mol. The van der Waals surface area contributed by atoms with Crippen molar-refractivity contribution in [3.05, 3.63) is 59.2 Å². The number of fused-ring (bicyclic) bond motifs is 1. The highest BCUT2D eigenvalue weighted by Crippen LogP contribution is 2.30. The summed E-state index contributed by atoms with van der Waals surface area (Å²) in [7, 11) is 0. The molecule has 1 aliphatic rings. The van der Waals surface area contributed by atoms with Crippen LogP contribution in [0.5, 0.6) is 0 Å². The number of benzene rings is 2.